The first kappa shape index (κ1) is 10.9. The molecule has 2 aromatic rings. The number of carboxylic acid groups (broad SMARTS) is 1. The third-order valence-electron chi connectivity index (χ3n) is 2.11. The van der Waals surface area contributed by atoms with E-state index < -0.39 is 11.2 Å². The van der Waals surface area contributed by atoms with Gasteiger partial charge in [-0.2, -0.15) is 5.10 Å². The molecule has 0 fully saturated rings. The first-order chi connectivity index (χ1) is 7.58. The van der Waals surface area contributed by atoms with Crippen molar-refractivity contribution in [2.24, 2.45) is 0 Å². The average Bonchev–Trinajstić information content (AvgIpc) is 2.59. The smallest absolute Gasteiger partial charge is 0.316 e. The second-order valence-corrected chi connectivity index (χ2v) is 4.78. The summed E-state index contributed by atoms with van der Waals surface area (Å²) in [7, 11) is 0. The number of thioether (sulfide) groups is 1. The van der Waals surface area contributed by atoms with Gasteiger partial charge in [0.2, 0.25) is 0 Å². The normalized spacial score (nSPS) is 12.9. The second-order valence-electron chi connectivity index (χ2n) is 3.45. The fourth-order valence-electron chi connectivity index (χ4n) is 1.33. The Hall–Kier alpha value is -1.56. The second kappa shape index (κ2) is 4.13. The third kappa shape index (κ3) is 2.01. The number of carboxylic acids is 1. The summed E-state index contributed by atoms with van der Waals surface area (Å²) in [6.07, 6.45) is 3.37. The molecule has 1 unspecified atom stereocenters. The number of hydrogen-bond donors (Lipinski definition) is 1. The molecule has 16 heavy (non-hydrogen) atoms. The van der Waals surface area contributed by atoms with Crippen LogP contribution in [0.5, 0.6) is 0 Å². The first-order valence-corrected chi connectivity index (χ1v) is 5.66. The van der Waals surface area contributed by atoms with Crippen molar-refractivity contribution in [3.63, 3.8) is 0 Å². The fraction of sp³-hybridized carbons (Fsp3) is 0.300. The molecule has 2 rings (SSSR count). The van der Waals surface area contributed by atoms with Crippen LogP contribution in [-0.4, -0.2) is 30.9 Å². The molecule has 6 heteroatoms. The van der Waals surface area contributed by atoms with Gasteiger partial charge in [0.05, 0.1) is 11.2 Å². The van der Waals surface area contributed by atoms with Gasteiger partial charge >= 0.3 is 5.97 Å². The third-order valence-corrected chi connectivity index (χ3v) is 3.21. The SMILES string of the molecule is Cc1cc2c(SC(C)C(=O)O)nccn2n1. The average molecular weight is 237 g/mol. The molecular formula is C10H11N3O2S. The van der Waals surface area contributed by atoms with Gasteiger partial charge in [0.25, 0.3) is 0 Å². The van der Waals surface area contributed by atoms with Crippen LogP contribution < -0.4 is 0 Å². The molecule has 0 aliphatic rings. The lowest BCUT2D eigenvalue weighted by Gasteiger charge is -2.05. The molecule has 2 aromatic heterocycles. The molecule has 0 saturated heterocycles. The van der Waals surface area contributed by atoms with Crippen molar-refractivity contribution < 1.29 is 9.90 Å². The fourth-order valence-corrected chi connectivity index (χ4v) is 2.16. The van der Waals surface area contributed by atoms with Crippen LogP contribution in [-0.2, 0) is 4.79 Å². The Balaban J connectivity index is 2.40. The highest BCUT2D eigenvalue weighted by molar-refractivity contribution is 8.00. The van der Waals surface area contributed by atoms with Crippen LogP contribution >= 0.6 is 11.8 Å². The maximum atomic E-state index is 10.8. The molecule has 0 radical (unpaired) electrons. The van der Waals surface area contributed by atoms with E-state index in [1.54, 1.807) is 23.8 Å². The number of aliphatic carboxylic acids is 1. The number of aryl methyl sites for hydroxylation is 1. The zero-order valence-corrected chi connectivity index (χ0v) is 9.73. The Kier molecular flexibility index (Phi) is 2.82. The van der Waals surface area contributed by atoms with Crippen molar-refractivity contribution in [1.29, 1.82) is 0 Å². The molecule has 0 aliphatic carbocycles. The summed E-state index contributed by atoms with van der Waals surface area (Å²) in [5.41, 5.74) is 1.73. The summed E-state index contributed by atoms with van der Waals surface area (Å²) in [6.45, 7) is 3.53. The van der Waals surface area contributed by atoms with Crippen molar-refractivity contribution in [3.05, 3.63) is 24.2 Å². The van der Waals surface area contributed by atoms with E-state index in [1.807, 2.05) is 13.0 Å². The maximum absolute atomic E-state index is 10.8. The monoisotopic (exact) mass is 237 g/mol. The molecule has 0 aliphatic heterocycles. The summed E-state index contributed by atoms with van der Waals surface area (Å²) in [5, 5.41) is 13.3. The van der Waals surface area contributed by atoms with Crippen LogP contribution in [0.2, 0.25) is 0 Å². The van der Waals surface area contributed by atoms with Gasteiger partial charge in [-0.3, -0.25) is 4.79 Å². The number of fused-ring (bicyclic) bond motifs is 1. The lowest BCUT2D eigenvalue weighted by Crippen LogP contribution is -2.11. The molecule has 5 nitrogen and oxygen atoms in total. The zero-order valence-electron chi connectivity index (χ0n) is 8.91. The van der Waals surface area contributed by atoms with E-state index in [4.69, 9.17) is 5.11 Å². The van der Waals surface area contributed by atoms with Gasteiger partial charge in [0, 0.05) is 12.4 Å². The Labute approximate surface area is 96.5 Å². The van der Waals surface area contributed by atoms with Crippen LogP contribution in [0, 0.1) is 6.92 Å². The standard InChI is InChI=1S/C10H11N3O2S/c1-6-5-8-9(16-7(2)10(14)15)11-3-4-13(8)12-6/h3-5,7H,1-2H3,(H,14,15). The van der Waals surface area contributed by atoms with Gasteiger partial charge in [0.1, 0.15) is 10.3 Å². The summed E-state index contributed by atoms with van der Waals surface area (Å²) in [6, 6.07) is 1.89. The van der Waals surface area contributed by atoms with E-state index in [9.17, 15) is 4.79 Å². The van der Waals surface area contributed by atoms with E-state index in [0.717, 1.165) is 11.2 Å². The van der Waals surface area contributed by atoms with E-state index in [2.05, 4.69) is 10.1 Å². The minimum atomic E-state index is -0.843. The van der Waals surface area contributed by atoms with Crippen molar-refractivity contribution in [2.75, 3.05) is 0 Å². The molecule has 1 atom stereocenters. The highest BCUT2D eigenvalue weighted by Gasteiger charge is 2.15. The number of rotatable bonds is 3. The first-order valence-electron chi connectivity index (χ1n) is 4.78. The largest absolute Gasteiger partial charge is 0.480 e. The Morgan fingerprint density at radius 2 is 2.38 bits per heavy atom. The van der Waals surface area contributed by atoms with Gasteiger partial charge < -0.3 is 5.11 Å². The number of nitrogens with zero attached hydrogens (tertiary/aromatic N) is 3. The van der Waals surface area contributed by atoms with E-state index in [-0.39, 0.29) is 0 Å². The van der Waals surface area contributed by atoms with E-state index in [0.29, 0.717) is 5.03 Å². The predicted molar refractivity (Wildman–Crippen MR) is 60.7 cm³/mol. The molecule has 0 amide bonds. The quantitative estimate of drug-likeness (QED) is 0.821. The minimum Gasteiger partial charge on any atom is -0.480 e. The number of hydrogen-bond acceptors (Lipinski definition) is 4. The van der Waals surface area contributed by atoms with Crippen LogP contribution in [0.4, 0.5) is 0 Å². The molecule has 1 N–H and O–H groups in total. The number of carbonyl (C=O) groups is 1. The lowest BCUT2D eigenvalue weighted by atomic mass is 10.4. The molecule has 0 aromatic carbocycles. The summed E-state index contributed by atoms with van der Waals surface area (Å²) >= 11 is 1.22. The van der Waals surface area contributed by atoms with Gasteiger partial charge in [-0.1, -0.05) is 11.8 Å². The minimum absolute atomic E-state index is 0.520. The van der Waals surface area contributed by atoms with Crippen LogP contribution in [0.25, 0.3) is 5.52 Å². The van der Waals surface area contributed by atoms with Crippen LogP contribution in [0.3, 0.4) is 0 Å². The Bertz CT molecular complexity index is 538. The van der Waals surface area contributed by atoms with Gasteiger partial charge in [-0.05, 0) is 19.9 Å². The summed E-state index contributed by atoms with van der Waals surface area (Å²) in [5.74, 6) is -0.843. The lowest BCUT2D eigenvalue weighted by molar-refractivity contribution is -0.136. The topological polar surface area (TPSA) is 67.5 Å². The summed E-state index contributed by atoms with van der Waals surface area (Å²) in [4.78, 5) is 15.0. The van der Waals surface area contributed by atoms with Crippen LogP contribution in [0.15, 0.2) is 23.5 Å². The van der Waals surface area contributed by atoms with E-state index in [1.165, 1.54) is 11.8 Å². The zero-order chi connectivity index (χ0) is 11.7. The van der Waals surface area contributed by atoms with E-state index >= 15 is 0 Å². The summed E-state index contributed by atoms with van der Waals surface area (Å²) < 4.78 is 1.71. The van der Waals surface area contributed by atoms with Gasteiger partial charge in [0.15, 0.2) is 0 Å². The predicted octanol–water partition coefficient (Wildman–Crippen LogP) is 1.60. The molecule has 84 valence electrons. The highest BCUT2D eigenvalue weighted by atomic mass is 32.2. The van der Waals surface area contributed by atoms with Crippen molar-refractivity contribution in [1.82, 2.24) is 14.6 Å². The Morgan fingerprint density at radius 1 is 1.62 bits per heavy atom. The number of aromatic nitrogens is 3. The van der Waals surface area contributed by atoms with Crippen molar-refractivity contribution in [3.8, 4) is 0 Å². The van der Waals surface area contributed by atoms with Gasteiger partial charge in [-0.25, -0.2) is 9.50 Å². The molecular weight excluding hydrogens is 226 g/mol. The highest BCUT2D eigenvalue weighted by Crippen LogP contribution is 2.25. The molecule has 0 spiro atoms. The molecule has 2 heterocycles. The Morgan fingerprint density at radius 3 is 3.06 bits per heavy atom. The van der Waals surface area contributed by atoms with Crippen LogP contribution in [0.1, 0.15) is 12.6 Å². The van der Waals surface area contributed by atoms with Crippen molar-refractivity contribution >= 4 is 23.2 Å². The maximum Gasteiger partial charge on any atom is 0.316 e. The van der Waals surface area contributed by atoms with Gasteiger partial charge in [-0.15, -0.1) is 0 Å². The molecule has 0 bridgehead atoms. The van der Waals surface area contributed by atoms with Crippen molar-refractivity contribution in [2.45, 2.75) is 24.1 Å². The molecule has 0 saturated carbocycles.